The van der Waals surface area contributed by atoms with Crippen LogP contribution in [0.5, 0.6) is 0 Å². The topological polar surface area (TPSA) is 34.0 Å². The number of fused-ring (bicyclic) bond motifs is 3. The molecule has 0 unspecified atom stereocenters. The van der Waals surface area contributed by atoms with Crippen molar-refractivity contribution in [3.63, 3.8) is 0 Å². The summed E-state index contributed by atoms with van der Waals surface area (Å²) in [7, 11) is 0. The largest absolute Gasteiger partial charge is 0.338 e. The first-order chi connectivity index (χ1) is 12.6. The standard InChI is InChI=1S/C22H19ClN2O/c1-14(2)25-20-10-6-4-7-16(20)18-13-15(11-12-21(18)25)24-22(26)17-8-3-5-9-19(17)23/h3-14H,1-2H3,(H,24,26). The molecule has 0 fully saturated rings. The number of nitrogens with one attached hydrogen (secondary N) is 1. The van der Waals surface area contributed by atoms with Crippen LogP contribution >= 0.6 is 11.6 Å². The summed E-state index contributed by atoms with van der Waals surface area (Å²) in [4.78, 5) is 12.5. The third-order valence-electron chi connectivity index (χ3n) is 4.60. The van der Waals surface area contributed by atoms with Gasteiger partial charge in [0.2, 0.25) is 0 Å². The molecular weight excluding hydrogens is 344 g/mol. The second-order valence-electron chi connectivity index (χ2n) is 6.65. The van der Waals surface area contributed by atoms with Crippen LogP contribution in [0, 0.1) is 0 Å². The van der Waals surface area contributed by atoms with E-state index in [4.69, 9.17) is 11.6 Å². The Balaban J connectivity index is 1.80. The van der Waals surface area contributed by atoms with Crippen LogP contribution in [0.1, 0.15) is 30.2 Å². The monoisotopic (exact) mass is 362 g/mol. The van der Waals surface area contributed by atoms with E-state index in [0.717, 1.165) is 16.6 Å². The van der Waals surface area contributed by atoms with Crippen LogP contribution in [0.4, 0.5) is 5.69 Å². The van der Waals surface area contributed by atoms with Crippen LogP contribution in [-0.2, 0) is 0 Å². The van der Waals surface area contributed by atoms with Crippen molar-refractivity contribution in [2.45, 2.75) is 19.9 Å². The Morgan fingerprint density at radius 2 is 1.62 bits per heavy atom. The van der Waals surface area contributed by atoms with Gasteiger partial charge in [0.25, 0.3) is 5.91 Å². The van der Waals surface area contributed by atoms with Gasteiger partial charge in [-0.1, -0.05) is 41.9 Å². The maximum absolute atomic E-state index is 12.5. The minimum Gasteiger partial charge on any atom is -0.338 e. The average molecular weight is 363 g/mol. The van der Waals surface area contributed by atoms with Gasteiger partial charge in [-0.15, -0.1) is 0 Å². The van der Waals surface area contributed by atoms with E-state index in [2.05, 4.69) is 48.0 Å². The normalized spacial score (nSPS) is 11.4. The Kier molecular flexibility index (Phi) is 4.17. The quantitative estimate of drug-likeness (QED) is 0.457. The number of benzene rings is 3. The summed E-state index contributed by atoms with van der Waals surface area (Å²) in [5.41, 5.74) is 3.59. The Morgan fingerprint density at radius 3 is 2.38 bits per heavy atom. The minimum atomic E-state index is -0.206. The molecule has 0 aliphatic carbocycles. The molecule has 26 heavy (non-hydrogen) atoms. The van der Waals surface area contributed by atoms with Gasteiger partial charge in [-0.3, -0.25) is 4.79 Å². The fourth-order valence-electron chi connectivity index (χ4n) is 3.48. The number of aromatic nitrogens is 1. The molecule has 4 aromatic rings. The molecule has 0 bridgehead atoms. The SMILES string of the molecule is CC(C)n1c2ccccc2c2cc(NC(=O)c3ccccc3Cl)ccc21. The van der Waals surface area contributed by atoms with E-state index in [-0.39, 0.29) is 5.91 Å². The van der Waals surface area contributed by atoms with Crippen LogP contribution in [0.25, 0.3) is 21.8 Å². The summed E-state index contributed by atoms with van der Waals surface area (Å²) in [5.74, 6) is -0.206. The van der Waals surface area contributed by atoms with Crippen molar-refractivity contribution in [2.24, 2.45) is 0 Å². The summed E-state index contributed by atoms with van der Waals surface area (Å²) < 4.78 is 2.32. The lowest BCUT2D eigenvalue weighted by atomic mass is 10.1. The molecule has 0 saturated carbocycles. The molecule has 0 spiro atoms. The molecule has 0 aliphatic rings. The Labute approximate surface area is 157 Å². The van der Waals surface area contributed by atoms with Crippen LogP contribution in [-0.4, -0.2) is 10.5 Å². The summed E-state index contributed by atoms with van der Waals surface area (Å²) in [5, 5.41) is 5.72. The Hall–Kier alpha value is -2.78. The van der Waals surface area contributed by atoms with Crippen LogP contribution < -0.4 is 5.32 Å². The van der Waals surface area contributed by atoms with Crippen molar-refractivity contribution in [3.8, 4) is 0 Å². The molecule has 1 amide bonds. The van der Waals surface area contributed by atoms with Gasteiger partial charge in [-0.05, 0) is 50.2 Å². The predicted molar refractivity (Wildman–Crippen MR) is 109 cm³/mol. The lowest BCUT2D eigenvalue weighted by Gasteiger charge is -2.12. The molecule has 0 atom stereocenters. The molecule has 4 rings (SSSR count). The highest BCUT2D eigenvalue weighted by Crippen LogP contribution is 2.33. The molecule has 1 aromatic heterocycles. The number of carbonyl (C=O) groups excluding carboxylic acids is 1. The lowest BCUT2D eigenvalue weighted by molar-refractivity contribution is 0.102. The van der Waals surface area contributed by atoms with Crippen LogP contribution in [0.3, 0.4) is 0 Å². The zero-order valence-electron chi connectivity index (χ0n) is 14.7. The first kappa shape index (κ1) is 16.7. The zero-order valence-corrected chi connectivity index (χ0v) is 15.4. The van der Waals surface area contributed by atoms with Gasteiger partial charge < -0.3 is 9.88 Å². The van der Waals surface area contributed by atoms with E-state index in [0.29, 0.717) is 16.6 Å². The first-order valence-electron chi connectivity index (χ1n) is 8.65. The lowest BCUT2D eigenvalue weighted by Crippen LogP contribution is -2.12. The number of para-hydroxylation sites is 1. The molecule has 0 saturated heterocycles. The number of halogens is 1. The van der Waals surface area contributed by atoms with Gasteiger partial charge in [-0.25, -0.2) is 0 Å². The van der Waals surface area contributed by atoms with Crippen molar-refractivity contribution in [1.29, 1.82) is 0 Å². The molecule has 1 heterocycles. The number of rotatable bonds is 3. The van der Waals surface area contributed by atoms with Crippen LogP contribution in [0.15, 0.2) is 66.7 Å². The molecule has 0 radical (unpaired) electrons. The number of carbonyl (C=O) groups is 1. The van der Waals surface area contributed by atoms with E-state index >= 15 is 0 Å². The maximum Gasteiger partial charge on any atom is 0.257 e. The summed E-state index contributed by atoms with van der Waals surface area (Å²) >= 11 is 6.13. The van der Waals surface area contributed by atoms with Gasteiger partial charge in [-0.2, -0.15) is 0 Å². The molecule has 0 aliphatic heterocycles. The number of anilines is 1. The summed E-state index contributed by atoms with van der Waals surface area (Å²) in [6.07, 6.45) is 0. The van der Waals surface area contributed by atoms with Crippen molar-refractivity contribution >= 4 is 45.0 Å². The maximum atomic E-state index is 12.5. The van der Waals surface area contributed by atoms with Crippen molar-refractivity contribution in [1.82, 2.24) is 4.57 Å². The van der Waals surface area contributed by atoms with Crippen molar-refractivity contribution in [3.05, 3.63) is 77.3 Å². The van der Waals surface area contributed by atoms with E-state index in [1.165, 1.54) is 10.9 Å². The predicted octanol–water partition coefficient (Wildman–Crippen LogP) is 6.28. The number of amides is 1. The molecule has 3 aromatic carbocycles. The van der Waals surface area contributed by atoms with Crippen molar-refractivity contribution in [2.75, 3.05) is 5.32 Å². The van der Waals surface area contributed by atoms with E-state index in [9.17, 15) is 4.79 Å². The number of hydrogen-bond donors (Lipinski definition) is 1. The van der Waals surface area contributed by atoms with Crippen LogP contribution in [0.2, 0.25) is 5.02 Å². The van der Waals surface area contributed by atoms with Crippen molar-refractivity contribution < 1.29 is 4.79 Å². The summed E-state index contributed by atoms with van der Waals surface area (Å²) in [6.45, 7) is 4.36. The third-order valence-corrected chi connectivity index (χ3v) is 4.93. The van der Waals surface area contributed by atoms with Gasteiger partial charge in [0.1, 0.15) is 0 Å². The molecule has 130 valence electrons. The molecule has 3 nitrogen and oxygen atoms in total. The van der Waals surface area contributed by atoms with E-state index in [1.54, 1.807) is 18.2 Å². The van der Waals surface area contributed by atoms with Gasteiger partial charge in [0.05, 0.1) is 10.6 Å². The average Bonchev–Trinajstić information content (AvgIpc) is 2.96. The smallest absolute Gasteiger partial charge is 0.257 e. The minimum absolute atomic E-state index is 0.206. The molecule has 1 N–H and O–H groups in total. The van der Waals surface area contributed by atoms with Gasteiger partial charge >= 0.3 is 0 Å². The van der Waals surface area contributed by atoms with Gasteiger partial charge in [0, 0.05) is 33.5 Å². The highest BCUT2D eigenvalue weighted by Gasteiger charge is 2.14. The Morgan fingerprint density at radius 1 is 0.923 bits per heavy atom. The van der Waals surface area contributed by atoms with E-state index < -0.39 is 0 Å². The summed E-state index contributed by atoms with van der Waals surface area (Å²) in [6, 6.07) is 21.8. The first-order valence-corrected chi connectivity index (χ1v) is 9.02. The fourth-order valence-corrected chi connectivity index (χ4v) is 3.70. The number of nitrogens with zero attached hydrogens (tertiary/aromatic N) is 1. The van der Waals surface area contributed by atoms with Gasteiger partial charge in [0.15, 0.2) is 0 Å². The molecule has 4 heteroatoms. The number of hydrogen-bond acceptors (Lipinski definition) is 1. The highest BCUT2D eigenvalue weighted by molar-refractivity contribution is 6.34. The zero-order chi connectivity index (χ0) is 18.3. The third kappa shape index (κ3) is 2.74. The highest BCUT2D eigenvalue weighted by atomic mass is 35.5. The second-order valence-corrected chi connectivity index (χ2v) is 7.05. The fraction of sp³-hybridized carbons (Fsp3) is 0.136. The second kappa shape index (κ2) is 6.50. The molecular formula is C22H19ClN2O. The Bertz CT molecular complexity index is 1130. The van der Waals surface area contributed by atoms with E-state index in [1.807, 2.05) is 24.3 Å².